The molecule has 0 amide bonds. The van der Waals surface area contributed by atoms with E-state index >= 15 is 0 Å². The van der Waals surface area contributed by atoms with Crippen molar-refractivity contribution in [2.75, 3.05) is 13.1 Å². The molecule has 20 heavy (non-hydrogen) atoms. The van der Waals surface area contributed by atoms with Crippen LogP contribution in [-0.4, -0.2) is 29.1 Å². The lowest BCUT2D eigenvalue weighted by atomic mass is 9.81. The predicted molar refractivity (Wildman–Crippen MR) is 81.2 cm³/mol. The summed E-state index contributed by atoms with van der Waals surface area (Å²) in [5, 5.41) is 9.73. The molecule has 2 rings (SSSR count). The van der Waals surface area contributed by atoms with E-state index in [1.165, 1.54) is 12.8 Å². The molecule has 1 aromatic rings. The molecule has 0 saturated carbocycles. The zero-order valence-electron chi connectivity index (χ0n) is 12.2. The molecule has 0 unspecified atom stereocenters. The Hall–Kier alpha value is -1.06. The molecule has 1 N–H and O–H groups in total. The van der Waals surface area contributed by atoms with E-state index in [1.807, 2.05) is 32.0 Å². The summed E-state index contributed by atoms with van der Waals surface area (Å²) in [6, 6.07) is 5.98. The first-order chi connectivity index (χ1) is 9.38. The maximum Gasteiger partial charge on any atom is 0.304 e. The maximum absolute atomic E-state index is 10.9. The Kier molecular flexibility index (Phi) is 4.71. The van der Waals surface area contributed by atoms with Crippen LogP contribution in [0.5, 0.6) is 0 Å². The summed E-state index contributed by atoms with van der Waals surface area (Å²) in [7, 11) is 0. The van der Waals surface area contributed by atoms with Gasteiger partial charge in [0.15, 0.2) is 0 Å². The van der Waals surface area contributed by atoms with Crippen molar-refractivity contribution >= 4 is 17.6 Å². The molecular formula is C16H22ClNO2. The van der Waals surface area contributed by atoms with Gasteiger partial charge < -0.3 is 5.11 Å². The van der Waals surface area contributed by atoms with E-state index in [9.17, 15) is 4.79 Å². The van der Waals surface area contributed by atoms with Crippen LogP contribution < -0.4 is 0 Å². The largest absolute Gasteiger partial charge is 0.481 e. The standard InChI is InChI=1S/C16H22ClNO2/c1-16(2,10-15(19)20)13-6-5-12(14(17)9-13)11-18-7-3-4-8-18/h5-6,9H,3-4,7-8,10-11H2,1-2H3,(H,19,20). The molecule has 1 aliphatic rings. The lowest BCUT2D eigenvalue weighted by Gasteiger charge is -2.24. The van der Waals surface area contributed by atoms with E-state index in [0.717, 1.165) is 35.8 Å². The number of hydrogen-bond donors (Lipinski definition) is 1. The van der Waals surface area contributed by atoms with Crippen LogP contribution in [-0.2, 0) is 16.8 Å². The van der Waals surface area contributed by atoms with E-state index in [2.05, 4.69) is 4.90 Å². The Bertz CT molecular complexity index is 493. The highest BCUT2D eigenvalue weighted by atomic mass is 35.5. The molecule has 1 aliphatic heterocycles. The van der Waals surface area contributed by atoms with Crippen molar-refractivity contribution in [1.82, 2.24) is 4.90 Å². The monoisotopic (exact) mass is 295 g/mol. The van der Waals surface area contributed by atoms with Crippen LogP contribution in [0.2, 0.25) is 5.02 Å². The molecule has 4 heteroatoms. The van der Waals surface area contributed by atoms with Crippen molar-refractivity contribution in [2.45, 2.75) is 45.1 Å². The fourth-order valence-electron chi connectivity index (χ4n) is 2.76. The zero-order chi connectivity index (χ0) is 14.8. The number of likely N-dealkylation sites (tertiary alicyclic amines) is 1. The molecule has 0 aromatic heterocycles. The van der Waals surface area contributed by atoms with Crippen molar-refractivity contribution in [2.24, 2.45) is 0 Å². The third-order valence-corrected chi connectivity index (χ3v) is 4.37. The number of hydrogen-bond acceptors (Lipinski definition) is 2. The van der Waals surface area contributed by atoms with Gasteiger partial charge in [-0.2, -0.15) is 0 Å². The van der Waals surface area contributed by atoms with Gasteiger partial charge in [0, 0.05) is 17.0 Å². The number of rotatable bonds is 5. The van der Waals surface area contributed by atoms with E-state index in [-0.39, 0.29) is 6.42 Å². The van der Waals surface area contributed by atoms with E-state index in [4.69, 9.17) is 16.7 Å². The van der Waals surface area contributed by atoms with Crippen LogP contribution in [0.3, 0.4) is 0 Å². The summed E-state index contributed by atoms with van der Waals surface area (Å²) < 4.78 is 0. The van der Waals surface area contributed by atoms with Gasteiger partial charge in [0.05, 0.1) is 6.42 Å². The summed E-state index contributed by atoms with van der Waals surface area (Å²) in [6.45, 7) is 7.05. The summed E-state index contributed by atoms with van der Waals surface area (Å²) in [4.78, 5) is 13.3. The SMILES string of the molecule is CC(C)(CC(=O)O)c1ccc(CN2CCCC2)c(Cl)c1. The smallest absolute Gasteiger partial charge is 0.304 e. The highest BCUT2D eigenvalue weighted by Gasteiger charge is 2.25. The highest BCUT2D eigenvalue weighted by Crippen LogP contribution is 2.31. The second-order valence-electron chi connectivity index (χ2n) is 6.24. The maximum atomic E-state index is 10.9. The molecule has 0 aliphatic carbocycles. The van der Waals surface area contributed by atoms with Gasteiger partial charge in [-0.05, 0) is 43.1 Å². The molecule has 0 radical (unpaired) electrons. The summed E-state index contributed by atoms with van der Waals surface area (Å²) >= 11 is 6.38. The zero-order valence-corrected chi connectivity index (χ0v) is 12.9. The Morgan fingerprint density at radius 2 is 2.00 bits per heavy atom. The van der Waals surface area contributed by atoms with E-state index in [0.29, 0.717) is 0 Å². The third kappa shape index (κ3) is 3.74. The summed E-state index contributed by atoms with van der Waals surface area (Å²) in [6.07, 6.45) is 2.64. The Morgan fingerprint density at radius 1 is 1.35 bits per heavy atom. The lowest BCUT2D eigenvalue weighted by molar-refractivity contribution is -0.138. The van der Waals surface area contributed by atoms with Gasteiger partial charge in [-0.25, -0.2) is 0 Å². The molecular weight excluding hydrogens is 274 g/mol. The first kappa shape index (κ1) is 15.3. The fourth-order valence-corrected chi connectivity index (χ4v) is 3.00. The topological polar surface area (TPSA) is 40.5 Å². The van der Waals surface area contributed by atoms with Crippen molar-refractivity contribution < 1.29 is 9.90 Å². The third-order valence-electron chi connectivity index (χ3n) is 4.02. The molecule has 0 bridgehead atoms. The second-order valence-corrected chi connectivity index (χ2v) is 6.65. The number of carboxylic acids is 1. The molecule has 1 heterocycles. The first-order valence-corrected chi connectivity index (χ1v) is 7.49. The number of nitrogens with zero attached hydrogens (tertiary/aromatic N) is 1. The van der Waals surface area contributed by atoms with Gasteiger partial charge in [-0.3, -0.25) is 9.69 Å². The molecule has 0 atom stereocenters. The van der Waals surface area contributed by atoms with Crippen molar-refractivity contribution in [3.8, 4) is 0 Å². The van der Waals surface area contributed by atoms with Gasteiger partial charge in [-0.1, -0.05) is 37.6 Å². The van der Waals surface area contributed by atoms with E-state index in [1.54, 1.807) is 0 Å². The van der Waals surface area contributed by atoms with Crippen LogP contribution in [0.4, 0.5) is 0 Å². The van der Waals surface area contributed by atoms with Gasteiger partial charge >= 0.3 is 5.97 Å². The fraction of sp³-hybridized carbons (Fsp3) is 0.562. The van der Waals surface area contributed by atoms with Crippen molar-refractivity contribution in [3.05, 3.63) is 34.3 Å². The molecule has 110 valence electrons. The number of halogens is 1. The predicted octanol–water partition coefficient (Wildman–Crippen LogP) is 3.69. The minimum Gasteiger partial charge on any atom is -0.481 e. The average molecular weight is 296 g/mol. The van der Waals surface area contributed by atoms with Crippen LogP contribution >= 0.6 is 11.6 Å². The number of carbonyl (C=O) groups is 1. The van der Waals surface area contributed by atoms with Crippen molar-refractivity contribution in [3.63, 3.8) is 0 Å². The average Bonchev–Trinajstić information content (AvgIpc) is 2.82. The summed E-state index contributed by atoms with van der Waals surface area (Å²) in [5.41, 5.74) is 1.71. The van der Waals surface area contributed by atoms with E-state index < -0.39 is 11.4 Å². The van der Waals surface area contributed by atoms with Crippen LogP contribution in [0, 0.1) is 0 Å². The first-order valence-electron chi connectivity index (χ1n) is 7.11. The van der Waals surface area contributed by atoms with Crippen LogP contribution in [0.1, 0.15) is 44.2 Å². The lowest BCUT2D eigenvalue weighted by Crippen LogP contribution is -2.22. The number of benzene rings is 1. The van der Waals surface area contributed by atoms with Gasteiger partial charge in [0.1, 0.15) is 0 Å². The minimum absolute atomic E-state index is 0.106. The summed E-state index contributed by atoms with van der Waals surface area (Å²) in [5.74, 6) is -0.785. The molecule has 3 nitrogen and oxygen atoms in total. The number of aliphatic carboxylic acids is 1. The minimum atomic E-state index is -0.785. The second kappa shape index (κ2) is 6.15. The molecule has 1 fully saturated rings. The van der Waals surface area contributed by atoms with Gasteiger partial charge in [-0.15, -0.1) is 0 Å². The van der Waals surface area contributed by atoms with Gasteiger partial charge in [0.25, 0.3) is 0 Å². The van der Waals surface area contributed by atoms with Crippen LogP contribution in [0.25, 0.3) is 0 Å². The normalized spacial score (nSPS) is 16.6. The van der Waals surface area contributed by atoms with Crippen LogP contribution in [0.15, 0.2) is 18.2 Å². The molecule has 0 spiro atoms. The number of carboxylic acid groups (broad SMARTS) is 1. The molecule has 1 aromatic carbocycles. The Balaban J connectivity index is 2.14. The highest BCUT2D eigenvalue weighted by molar-refractivity contribution is 6.31. The Labute approximate surface area is 125 Å². The quantitative estimate of drug-likeness (QED) is 0.900. The Morgan fingerprint density at radius 3 is 2.55 bits per heavy atom. The van der Waals surface area contributed by atoms with Crippen molar-refractivity contribution in [1.29, 1.82) is 0 Å². The molecule has 1 saturated heterocycles. The van der Waals surface area contributed by atoms with Gasteiger partial charge in [0.2, 0.25) is 0 Å².